The van der Waals surface area contributed by atoms with E-state index in [-0.39, 0.29) is 0 Å². The van der Waals surface area contributed by atoms with Crippen LogP contribution in [0.5, 0.6) is 0 Å². The van der Waals surface area contributed by atoms with Gasteiger partial charge in [0.25, 0.3) is 0 Å². The molecule has 3 rings (SSSR count). The number of halogens is 1. The number of aromatic nitrogens is 2. The molecule has 2 aromatic rings. The zero-order chi connectivity index (χ0) is 16.9. The summed E-state index contributed by atoms with van der Waals surface area (Å²) in [5, 5.41) is 6.29. The summed E-state index contributed by atoms with van der Waals surface area (Å²) < 4.78 is 1.87. The Morgan fingerprint density at radius 3 is 2.54 bits per heavy atom. The maximum absolute atomic E-state index is 5.94. The van der Waals surface area contributed by atoms with Crippen LogP contribution in [0.2, 0.25) is 5.02 Å². The van der Waals surface area contributed by atoms with E-state index in [1.54, 1.807) is 11.3 Å². The van der Waals surface area contributed by atoms with Crippen LogP contribution in [0.25, 0.3) is 10.6 Å². The smallest absolute Gasteiger partial charge is 0.203 e. The third-order valence-electron chi connectivity index (χ3n) is 4.27. The summed E-state index contributed by atoms with van der Waals surface area (Å²) in [5.74, 6) is 0. The fraction of sp³-hybridized carbons (Fsp3) is 0.529. The number of aryl methyl sites for hydroxylation is 1. The van der Waals surface area contributed by atoms with E-state index in [1.165, 1.54) is 26.2 Å². The molecule has 0 atom stereocenters. The summed E-state index contributed by atoms with van der Waals surface area (Å²) >= 11 is 7.57. The quantitative estimate of drug-likeness (QED) is 0.763. The van der Waals surface area contributed by atoms with Gasteiger partial charge >= 0.3 is 0 Å². The molecule has 0 N–H and O–H groups in total. The van der Waals surface area contributed by atoms with Gasteiger partial charge in [0.1, 0.15) is 5.01 Å². The van der Waals surface area contributed by atoms with Crippen LogP contribution in [0.3, 0.4) is 0 Å². The van der Waals surface area contributed by atoms with Crippen LogP contribution in [0.4, 0.5) is 0 Å². The maximum Gasteiger partial charge on any atom is 0.203 e. The number of nitrogens with zero attached hydrogens (tertiary/aromatic N) is 5. The second-order valence-corrected chi connectivity index (χ2v) is 7.59. The predicted molar refractivity (Wildman–Crippen MR) is 101 cm³/mol. The number of hydrogen-bond donors (Lipinski definition) is 0. The maximum atomic E-state index is 5.94. The molecule has 1 aliphatic rings. The highest BCUT2D eigenvalue weighted by molar-refractivity contribution is 7.12. The summed E-state index contributed by atoms with van der Waals surface area (Å²) in [4.78, 5) is 10.6. The van der Waals surface area contributed by atoms with E-state index in [0.717, 1.165) is 39.9 Å². The number of benzene rings is 1. The van der Waals surface area contributed by atoms with Gasteiger partial charge in [0.2, 0.25) is 4.80 Å². The molecule has 1 aromatic carbocycles. The molecule has 1 aliphatic heterocycles. The fourth-order valence-corrected chi connectivity index (χ4v) is 3.78. The van der Waals surface area contributed by atoms with Crippen molar-refractivity contribution in [3.63, 3.8) is 0 Å². The van der Waals surface area contributed by atoms with Crippen molar-refractivity contribution in [3.05, 3.63) is 34.1 Å². The lowest BCUT2D eigenvalue weighted by molar-refractivity contribution is 0.153. The molecule has 0 spiro atoms. The number of hydrogen-bond acceptors (Lipinski definition) is 5. The average molecular weight is 366 g/mol. The van der Waals surface area contributed by atoms with Crippen LogP contribution in [-0.4, -0.2) is 65.9 Å². The molecule has 7 heteroatoms. The number of rotatable bonds is 5. The Morgan fingerprint density at radius 1 is 1.12 bits per heavy atom. The molecule has 0 aliphatic carbocycles. The lowest BCUT2D eigenvalue weighted by Crippen LogP contribution is -2.44. The first kappa shape index (κ1) is 17.6. The van der Waals surface area contributed by atoms with Gasteiger partial charge in [0, 0.05) is 56.9 Å². The number of likely N-dealkylation sites (N-methyl/N-ethyl adjacent to an activating group) is 1. The molecule has 0 amide bonds. The average Bonchev–Trinajstić information content (AvgIpc) is 2.95. The summed E-state index contributed by atoms with van der Waals surface area (Å²) in [7, 11) is 4.14. The van der Waals surface area contributed by atoms with Gasteiger partial charge in [-0.25, -0.2) is 4.68 Å². The Balaban J connectivity index is 1.56. The molecule has 5 nitrogen and oxygen atoms in total. The van der Waals surface area contributed by atoms with Crippen molar-refractivity contribution < 1.29 is 0 Å². The second kappa shape index (κ2) is 8.25. The Labute approximate surface area is 152 Å². The molecule has 0 bridgehead atoms. The third kappa shape index (κ3) is 4.66. The van der Waals surface area contributed by atoms with Gasteiger partial charge in [0.15, 0.2) is 0 Å². The van der Waals surface area contributed by atoms with Crippen molar-refractivity contribution in [2.24, 2.45) is 12.0 Å². The Bertz CT molecular complexity index is 713. The first-order valence-corrected chi connectivity index (χ1v) is 9.53. The highest BCUT2D eigenvalue weighted by atomic mass is 35.5. The van der Waals surface area contributed by atoms with Crippen LogP contribution in [0.1, 0.15) is 6.42 Å². The fourth-order valence-electron chi connectivity index (χ4n) is 2.74. The molecule has 130 valence electrons. The van der Waals surface area contributed by atoms with Gasteiger partial charge in [-0.2, -0.15) is 5.10 Å². The number of piperazine rings is 1. The van der Waals surface area contributed by atoms with Gasteiger partial charge in [-0.3, -0.25) is 4.99 Å². The zero-order valence-corrected chi connectivity index (χ0v) is 15.9. The largest absolute Gasteiger partial charge is 0.304 e. The SMILES string of the molecule is CN1CCN(CCC/N=c2/sc(-c3ccc(Cl)cc3)nn2C)CC1. The zero-order valence-electron chi connectivity index (χ0n) is 14.3. The van der Waals surface area contributed by atoms with Gasteiger partial charge in [-0.1, -0.05) is 35.1 Å². The van der Waals surface area contributed by atoms with Gasteiger partial charge in [-0.15, -0.1) is 0 Å². The third-order valence-corrected chi connectivity index (χ3v) is 5.61. The molecule has 1 fully saturated rings. The molecule has 2 heterocycles. The summed E-state index contributed by atoms with van der Waals surface area (Å²) in [6.07, 6.45) is 1.10. The first-order chi connectivity index (χ1) is 11.6. The Morgan fingerprint density at radius 2 is 1.83 bits per heavy atom. The van der Waals surface area contributed by atoms with Crippen LogP contribution >= 0.6 is 22.9 Å². The van der Waals surface area contributed by atoms with Crippen LogP contribution in [-0.2, 0) is 7.05 Å². The van der Waals surface area contributed by atoms with E-state index >= 15 is 0 Å². The van der Waals surface area contributed by atoms with Crippen molar-refractivity contribution in [2.75, 3.05) is 46.3 Å². The molecule has 0 unspecified atom stereocenters. The molecule has 24 heavy (non-hydrogen) atoms. The second-order valence-electron chi connectivity index (χ2n) is 6.20. The minimum absolute atomic E-state index is 0.744. The summed E-state index contributed by atoms with van der Waals surface area (Å²) in [5.41, 5.74) is 1.08. The lowest BCUT2D eigenvalue weighted by atomic mass is 10.2. The lowest BCUT2D eigenvalue weighted by Gasteiger charge is -2.32. The normalized spacial score (nSPS) is 17.5. The van der Waals surface area contributed by atoms with Crippen molar-refractivity contribution >= 4 is 22.9 Å². The Kier molecular flexibility index (Phi) is 6.05. The molecule has 1 aromatic heterocycles. The van der Waals surface area contributed by atoms with Crippen molar-refractivity contribution in [1.82, 2.24) is 19.6 Å². The molecule has 0 radical (unpaired) electrons. The van der Waals surface area contributed by atoms with Crippen LogP contribution in [0.15, 0.2) is 29.3 Å². The van der Waals surface area contributed by atoms with E-state index in [2.05, 4.69) is 21.9 Å². The molecular weight excluding hydrogens is 342 g/mol. The highest BCUT2D eigenvalue weighted by Crippen LogP contribution is 2.21. The molecule has 1 saturated heterocycles. The topological polar surface area (TPSA) is 36.7 Å². The monoisotopic (exact) mass is 365 g/mol. The van der Waals surface area contributed by atoms with Crippen molar-refractivity contribution in [2.45, 2.75) is 6.42 Å². The van der Waals surface area contributed by atoms with Gasteiger partial charge in [-0.05, 0) is 25.6 Å². The van der Waals surface area contributed by atoms with Gasteiger partial charge < -0.3 is 9.80 Å². The van der Waals surface area contributed by atoms with Gasteiger partial charge in [0.05, 0.1) is 0 Å². The highest BCUT2D eigenvalue weighted by Gasteiger charge is 2.12. The standard InChI is InChI=1S/C17H24ClN5S/c1-21-10-12-23(13-11-21)9-3-8-19-17-22(2)20-16(24-17)14-4-6-15(18)7-5-14/h4-7H,3,8-13H2,1-2H3/b19-17+. The van der Waals surface area contributed by atoms with E-state index in [9.17, 15) is 0 Å². The van der Waals surface area contributed by atoms with Crippen molar-refractivity contribution in [3.8, 4) is 10.6 Å². The van der Waals surface area contributed by atoms with E-state index < -0.39 is 0 Å². The summed E-state index contributed by atoms with van der Waals surface area (Å²) in [6.45, 7) is 6.67. The molecule has 0 saturated carbocycles. The molecular formula is C17H24ClN5S. The predicted octanol–water partition coefficient (Wildman–Crippen LogP) is 2.34. The van der Waals surface area contributed by atoms with Crippen LogP contribution < -0.4 is 4.80 Å². The van der Waals surface area contributed by atoms with Crippen LogP contribution in [0, 0.1) is 0 Å². The van der Waals surface area contributed by atoms with Crippen molar-refractivity contribution in [1.29, 1.82) is 0 Å². The first-order valence-electron chi connectivity index (χ1n) is 8.33. The minimum Gasteiger partial charge on any atom is -0.304 e. The van der Waals surface area contributed by atoms with E-state index in [1.807, 2.05) is 36.0 Å². The Hall–Kier alpha value is -1.21. The minimum atomic E-state index is 0.744. The van der Waals surface area contributed by atoms with E-state index in [4.69, 9.17) is 16.6 Å². The van der Waals surface area contributed by atoms with E-state index in [0.29, 0.717) is 0 Å². The summed E-state index contributed by atoms with van der Waals surface area (Å²) in [6, 6.07) is 7.78.